The van der Waals surface area contributed by atoms with Gasteiger partial charge < -0.3 is 5.11 Å². The van der Waals surface area contributed by atoms with Crippen molar-refractivity contribution in [2.75, 3.05) is 6.54 Å². The number of thioether (sulfide) groups is 1. The quantitative estimate of drug-likeness (QED) is 0.872. The molecule has 1 heterocycles. The Hall–Kier alpha value is -2.67. The summed E-state index contributed by atoms with van der Waals surface area (Å²) in [6.07, 6.45) is 0.560. The molecule has 0 radical (unpaired) electrons. The van der Waals surface area contributed by atoms with Gasteiger partial charge in [0.1, 0.15) is 11.1 Å². The van der Waals surface area contributed by atoms with Crippen molar-refractivity contribution in [3.05, 3.63) is 66.0 Å². The number of nitrogens with zero attached hydrogens (tertiary/aromatic N) is 2. The number of carbonyl (C=O) groups excluding carboxylic acids is 1. The Kier molecular flexibility index (Phi) is 5.68. The summed E-state index contributed by atoms with van der Waals surface area (Å²) in [5.41, 5.74) is 1.55. The average molecular weight is 372 g/mol. The van der Waals surface area contributed by atoms with Gasteiger partial charge in [0.2, 0.25) is 5.91 Å². The molecule has 0 aromatic heterocycles. The lowest BCUT2D eigenvalue weighted by Gasteiger charge is -2.30. The molecule has 134 valence electrons. The predicted molar refractivity (Wildman–Crippen MR) is 99.0 cm³/mol. The number of aliphatic imine (C=N–C) groups is 1. The molecule has 1 atom stereocenters. The lowest BCUT2D eigenvalue weighted by Crippen LogP contribution is -2.44. The van der Waals surface area contributed by atoms with E-state index in [4.69, 9.17) is 0 Å². The molecule has 0 saturated carbocycles. The first-order valence-corrected chi connectivity index (χ1v) is 8.99. The highest BCUT2D eigenvalue weighted by atomic mass is 32.2. The van der Waals surface area contributed by atoms with Gasteiger partial charge in [-0.15, -0.1) is 0 Å². The SMILES string of the molecule is O=C(O)C1CC(=O)N(CCc2ccccc2)C(=Nc2ccc(F)cc2)S1. The van der Waals surface area contributed by atoms with E-state index in [1.165, 1.54) is 29.2 Å². The molecular formula is C19H17FN2O3S. The minimum atomic E-state index is -1.04. The van der Waals surface area contributed by atoms with Gasteiger partial charge in [0.15, 0.2) is 5.17 Å². The Bertz CT molecular complexity index is 824. The Morgan fingerprint density at radius 1 is 1.19 bits per heavy atom. The predicted octanol–water partition coefficient (Wildman–Crippen LogP) is 3.47. The number of rotatable bonds is 5. The minimum absolute atomic E-state index is 0.0722. The monoisotopic (exact) mass is 372 g/mol. The molecule has 3 rings (SSSR count). The zero-order chi connectivity index (χ0) is 18.5. The number of aliphatic carboxylic acids is 1. The smallest absolute Gasteiger partial charge is 0.317 e. The van der Waals surface area contributed by atoms with E-state index in [0.29, 0.717) is 23.8 Å². The molecule has 0 bridgehead atoms. The van der Waals surface area contributed by atoms with Crippen LogP contribution >= 0.6 is 11.8 Å². The van der Waals surface area contributed by atoms with Gasteiger partial charge >= 0.3 is 5.97 Å². The molecule has 0 aliphatic carbocycles. The van der Waals surface area contributed by atoms with E-state index in [2.05, 4.69) is 4.99 Å². The summed E-state index contributed by atoms with van der Waals surface area (Å²) < 4.78 is 13.1. The molecule has 1 saturated heterocycles. The van der Waals surface area contributed by atoms with Crippen LogP contribution in [0.3, 0.4) is 0 Å². The van der Waals surface area contributed by atoms with E-state index in [1.807, 2.05) is 30.3 Å². The maximum absolute atomic E-state index is 13.1. The number of carboxylic acids is 1. The zero-order valence-corrected chi connectivity index (χ0v) is 14.7. The van der Waals surface area contributed by atoms with Crippen molar-refractivity contribution in [1.82, 2.24) is 4.90 Å². The van der Waals surface area contributed by atoms with Crippen LogP contribution in [0.15, 0.2) is 59.6 Å². The number of halogens is 1. The van der Waals surface area contributed by atoms with Crippen LogP contribution in [-0.2, 0) is 16.0 Å². The molecule has 26 heavy (non-hydrogen) atoms. The third-order valence-corrected chi connectivity index (χ3v) is 5.11. The number of hydrogen-bond donors (Lipinski definition) is 1. The van der Waals surface area contributed by atoms with Crippen molar-refractivity contribution in [3.63, 3.8) is 0 Å². The Labute approximate surface area is 154 Å². The highest BCUT2D eigenvalue weighted by Crippen LogP contribution is 2.29. The van der Waals surface area contributed by atoms with E-state index in [1.54, 1.807) is 0 Å². The molecular weight excluding hydrogens is 355 g/mol. The average Bonchev–Trinajstić information content (AvgIpc) is 2.63. The zero-order valence-electron chi connectivity index (χ0n) is 13.8. The van der Waals surface area contributed by atoms with Crippen LogP contribution in [0.5, 0.6) is 0 Å². The first-order valence-electron chi connectivity index (χ1n) is 8.11. The van der Waals surface area contributed by atoms with E-state index >= 15 is 0 Å². The van der Waals surface area contributed by atoms with Gasteiger partial charge in [0, 0.05) is 6.54 Å². The van der Waals surface area contributed by atoms with Gasteiger partial charge in [-0.2, -0.15) is 0 Å². The van der Waals surface area contributed by atoms with Crippen molar-refractivity contribution >= 4 is 34.5 Å². The third kappa shape index (κ3) is 4.49. The summed E-state index contributed by atoms with van der Waals surface area (Å²) in [7, 11) is 0. The first kappa shape index (κ1) is 18.1. The van der Waals surface area contributed by atoms with Gasteiger partial charge in [0.25, 0.3) is 0 Å². The third-order valence-electron chi connectivity index (χ3n) is 3.93. The molecule has 2 aromatic carbocycles. The van der Waals surface area contributed by atoms with E-state index < -0.39 is 11.2 Å². The molecule has 1 amide bonds. The molecule has 1 N–H and O–H groups in total. The van der Waals surface area contributed by atoms with Crippen LogP contribution in [0.25, 0.3) is 0 Å². The summed E-state index contributed by atoms with van der Waals surface area (Å²) in [5.74, 6) is -1.70. The fourth-order valence-electron chi connectivity index (χ4n) is 2.56. The summed E-state index contributed by atoms with van der Waals surface area (Å²) in [4.78, 5) is 29.7. The lowest BCUT2D eigenvalue weighted by molar-refractivity contribution is -0.139. The second kappa shape index (κ2) is 8.14. The molecule has 1 unspecified atom stereocenters. The number of carboxylic acid groups (broad SMARTS) is 1. The minimum Gasteiger partial charge on any atom is -0.480 e. The number of benzene rings is 2. The largest absolute Gasteiger partial charge is 0.480 e. The van der Waals surface area contributed by atoms with Crippen molar-refractivity contribution in [1.29, 1.82) is 0 Å². The van der Waals surface area contributed by atoms with Crippen LogP contribution in [0.1, 0.15) is 12.0 Å². The lowest BCUT2D eigenvalue weighted by atomic mass is 10.1. The highest BCUT2D eigenvalue weighted by Gasteiger charge is 2.35. The van der Waals surface area contributed by atoms with Gasteiger partial charge in [-0.3, -0.25) is 14.5 Å². The molecule has 1 fully saturated rings. The summed E-state index contributed by atoms with van der Waals surface area (Å²) in [5, 5.41) is 8.74. The second-order valence-electron chi connectivity index (χ2n) is 5.80. The van der Waals surface area contributed by atoms with Crippen LogP contribution in [0.4, 0.5) is 10.1 Å². The number of amidine groups is 1. The maximum Gasteiger partial charge on any atom is 0.317 e. The van der Waals surface area contributed by atoms with Gasteiger partial charge in [-0.1, -0.05) is 42.1 Å². The van der Waals surface area contributed by atoms with Crippen LogP contribution < -0.4 is 0 Å². The summed E-state index contributed by atoms with van der Waals surface area (Å²) >= 11 is 1.05. The van der Waals surface area contributed by atoms with Crippen molar-refractivity contribution in [3.8, 4) is 0 Å². The molecule has 5 nitrogen and oxygen atoms in total. The van der Waals surface area contributed by atoms with Crippen molar-refractivity contribution in [2.45, 2.75) is 18.1 Å². The van der Waals surface area contributed by atoms with Gasteiger partial charge in [0.05, 0.1) is 12.1 Å². The standard InChI is InChI=1S/C19H17FN2O3S/c20-14-6-8-15(9-7-14)21-19-22(11-10-13-4-2-1-3-5-13)17(23)12-16(26-19)18(24)25/h1-9,16H,10-12H2,(H,24,25). The first-order chi connectivity index (χ1) is 12.5. The fraction of sp³-hybridized carbons (Fsp3) is 0.211. The Morgan fingerprint density at radius 2 is 1.88 bits per heavy atom. The number of hydrogen-bond acceptors (Lipinski definition) is 4. The van der Waals surface area contributed by atoms with E-state index in [0.717, 1.165) is 17.3 Å². The fourth-order valence-corrected chi connectivity index (χ4v) is 3.62. The normalized spacial score (nSPS) is 19.0. The second-order valence-corrected chi connectivity index (χ2v) is 6.97. The van der Waals surface area contributed by atoms with Crippen LogP contribution in [-0.4, -0.2) is 38.8 Å². The number of amides is 1. The molecule has 2 aromatic rings. The van der Waals surface area contributed by atoms with Crippen molar-refractivity contribution in [2.24, 2.45) is 4.99 Å². The Balaban J connectivity index is 1.84. The van der Waals surface area contributed by atoms with Crippen molar-refractivity contribution < 1.29 is 19.1 Å². The highest BCUT2D eigenvalue weighted by molar-refractivity contribution is 8.15. The molecule has 0 spiro atoms. The maximum atomic E-state index is 13.1. The van der Waals surface area contributed by atoms with Gasteiger partial charge in [-0.25, -0.2) is 9.38 Å². The summed E-state index contributed by atoms with van der Waals surface area (Å²) in [6.45, 7) is 0.405. The van der Waals surface area contributed by atoms with E-state index in [-0.39, 0.29) is 18.1 Å². The van der Waals surface area contributed by atoms with E-state index in [9.17, 15) is 19.1 Å². The summed E-state index contributed by atoms with van der Waals surface area (Å²) in [6, 6.07) is 15.3. The number of carbonyl (C=O) groups is 2. The topological polar surface area (TPSA) is 70.0 Å². The Morgan fingerprint density at radius 3 is 2.54 bits per heavy atom. The van der Waals surface area contributed by atoms with Gasteiger partial charge in [-0.05, 0) is 36.2 Å². The van der Waals surface area contributed by atoms with Crippen LogP contribution in [0.2, 0.25) is 0 Å². The van der Waals surface area contributed by atoms with Crippen LogP contribution in [0, 0.1) is 5.82 Å². The molecule has 7 heteroatoms. The molecule has 1 aliphatic rings. The molecule has 1 aliphatic heterocycles.